The predicted molar refractivity (Wildman–Crippen MR) is 66.8 cm³/mol. The Hall–Kier alpha value is -2.15. The number of carboxylic acid groups (broad SMARTS) is 1. The summed E-state index contributed by atoms with van der Waals surface area (Å²) in [5.41, 5.74) is 0.0131. The quantitative estimate of drug-likeness (QED) is 0.707. The number of aromatic carboxylic acids is 1. The molecule has 0 fully saturated rings. The molecule has 0 atom stereocenters. The average molecular weight is 252 g/mol. The highest BCUT2D eigenvalue weighted by atomic mass is 16.4. The van der Waals surface area contributed by atoms with Crippen LogP contribution in [0.15, 0.2) is 18.3 Å². The lowest BCUT2D eigenvalue weighted by atomic mass is 10.3. The molecule has 0 aliphatic carbocycles. The zero-order valence-electron chi connectivity index (χ0n) is 10.3. The maximum Gasteiger partial charge on any atom is 0.356 e. The molecule has 98 valence electrons. The van der Waals surface area contributed by atoms with Crippen LogP contribution in [0.1, 0.15) is 10.5 Å². The van der Waals surface area contributed by atoms with Crippen molar-refractivity contribution in [3.63, 3.8) is 0 Å². The molecule has 1 aromatic heterocycles. The Morgan fingerprint density at radius 3 is 2.83 bits per heavy atom. The van der Waals surface area contributed by atoms with Crippen molar-refractivity contribution in [3.8, 4) is 0 Å². The van der Waals surface area contributed by atoms with Crippen molar-refractivity contribution in [1.29, 1.82) is 0 Å². The molecule has 7 nitrogen and oxygen atoms in total. The van der Waals surface area contributed by atoms with Crippen LogP contribution in [0.5, 0.6) is 0 Å². The molecule has 1 rings (SSSR count). The van der Waals surface area contributed by atoms with Crippen LogP contribution < -0.4 is 10.6 Å². The van der Waals surface area contributed by atoms with E-state index in [1.165, 1.54) is 17.2 Å². The molecule has 18 heavy (non-hydrogen) atoms. The Morgan fingerprint density at radius 1 is 1.50 bits per heavy atom. The first-order chi connectivity index (χ1) is 8.56. The third-order valence-corrected chi connectivity index (χ3v) is 2.30. The maximum atomic E-state index is 11.8. The van der Waals surface area contributed by atoms with Gasteiger partial charge in [0.1, 0.15) is 0 Å². The monoisotopic (exact) mass is 252 g/mol. The molecule has 0 spiro atoms. The lowest BCUT2D eigenvalue weighted by Gasteiger charge is -2.18. The summed E-state index contributed by atoms with van der Waals surface area (Å²) in [6, 6.07) is 2.69. The number of nitrogens with zero attached hydrogens (tertiary/aromatic N) is 2. The minimum Gasteiger partial charge on any atom is -0.476 e. The Balaban J connectivity index is 2.72. The fraction of sp³-hybridized carbons (Fsp3) is 0.364. The van der Waals surface area contributed by atoms with Gasteiger partial charge in [0, 0.05) is 26.3 Å². The molecule has 0 aliphatic rings. The standard InChI is InChI=1S/C11H16N4O3/c1-12-6-7-15(2)11(18)14-8-4-3-5-13-9(8)10(16)17/h3-5,12H,6-7H2,1-2H3,(H,14,18)(H,16,17). The number of hydrogen-bond donors (Lipinski definition) is 3. The topological polar surface area (TPSA) is 94.6 Å². The second-order valence-electron chi connectivity index (χ2n) is 3.66. The highest BCUT2D eigenvalue weighted by molar-refractivity contribution is 5.98. The second-order valence-corrected chi connectivity index (χ2v) is 3.66. The Labute approximate surface area is 105 Å². The highest BCUT2D eigenvalue weighted by Crippen LogP contribution is 2.12. The molecule has 0 unspecified atom stereocenters. The lowest BCUT2D eigenvalue weighted by Crippen LogP contribution is -2.36. The average Bonchev–Trinajstić information content (AvgIpc) is 2.36. The molecule has 0 radical (unpaired) electrons. The number of pyridine rings is 1. The third kappa shape index (κ3) is 3.70. The number of carbonyl (C=O) groups is 2. The van der Waals surface area contributed by atoms with Gasteiger partial charge < -0.3 is 20.6 Å². The van der Waals surface area contributed by atoms with E-state index in [4.69, 9.17) is 5.11 Å². The van der Waals surface area contributed by atoms with E-state index in [-0.39, 0.29) is 17.4 Å². The molecule has 0 saturated carbocycles. The van der Waals surface area contributed by atoms with E-state index >= 15 is 0 Å². The van der Waals surface area contributed by atoms with E-state index in [0.29, 0.717) is 13.1 Å². The van der Waals surface area contributed by atoms with Gasteiger partial charge in [-0.1, -0.05) is 0 Å². The number of aromatic nitrogens is 1. The van der Waals surface area contributed by atoms with Crippen molar-refractivity contribution in [1.82, 2.24) is 15.2 Å². The fourth-order valence-corrected chi connectivity index (χ4v) is 1.27. The molecule has 1 heterocycles. The first-order valence-electron chi connectivity index (χ1n) is 5.41. The summed E-state index contributed by atoms with van der Waals surface area (Å²) in [5, 5.41) is 14.4. The van der Waals surface area contributed by atoms with Crippen molar-refractivity contribution in [2.75, 3.05) is 32.5 Å². The SMILES string of the molecule is CNCCN(C)C(=O)Nc1cccnc1C(=O)O. The van der Waals surface area contributed by atoms with E-state index in [1.807, 2.05) is 0 Å². The maximum absolute atomic E-state index is 11.8. The summed E-state index contributed by atoms with van der Waals surface area (Å²) >= 11 is 0. The van der Waals surface area contributed by atoms with Crippen LogP contribution in [0, 0.1) is 0 Å². The number of nitrogens with one attached hydrogen (secondary N) is 2. The van der Waals surface area contributed by atoms with Crippen molar-refractivity contribution in [2.24, 2.45) is 0 Å². The van der Waals surface area contributed by atoms with Gasteiger partial charge in [-0.05, 0) is 19.2 Å². The summed E-state index contributed by atoms with van der Waals surface area (Å²) in [7, 11) is 3.42. The zero-order valence-corrected chi connectivity index (χ0v) is 10.3. The van der Waals surface area contributed by atoms with Crippen LogP contribution in [0.25, 0.3) is 0 Å². The van der Waals surface area contributed by atoms with Crippen molar-refractivity contribution in [3.05, 3.63) is 24.0 Å². The van der Waals surface area contributed by atoms with Gasteiger partial charge in [0.25, 0.3) is 0 Å². The van der Waals surface area contributed by atoms with Gasteiger partial charge in [-0.25, -0.2) is 14.6 Å². The molecule has 3 N–H and O–H groups in total. The van der Waals surface area contributed by atoms with Gasteiger partial charge in [0.15, 0.2) is 5.69 Å². The van der Waals surface area contributed by atoms with E-state index in [2.05, 4.69) is 15.6 Å². The number of amides is 2. The first kappa shape index (κ1) is 13.9. The second kappa shape index (κ2) is 6.55. The Bertz CT molecular complexity index is 436. The summed E-state index contributed by atoms with van der Waals surface area (Å²) in [6.07, 6.45) is 1.36. The number of anilines is 1. The minimum absolute atomic E-state index is 0.173. The van der Waals surface area contributed by atoms with E-state index in [9.17, 15) is 9.59 Å². The molecule has 7 heteroatoms. The number of likely N-dealkylation sites (N-methyl/N-ethyl adjacent to an activating group) is 2. The van der Waals surface area contributed by atoms with Gasteiger partial charge in [0.05, 0.1) is 5.69 Å². The number of rotatable bonds is 5. The van der Waals surface area contributed by atoms with E-state index in [0.717, 1.165) is 0 Å². The smallest absolute Gasteiger partial charge is 0.356 e. The zero-order chi connectivity index (χ0) is 13.5. The molecule has 0 aliphatic heterocycles. The Kier molecular flexibility index (Phi) is 5.06. The highest BCUT2D eigenvalue weighted by Gasteiger charge is 2.15. The molecule has 1 aromatic rings. The summed E-state index contributed by atoms with van der Waals surface area (Å²) in [4.78, 5) is 27.8. The number of hydrogen-bond acceptors (Lipinski definition) is 4. The van der Waals surface area contributed by atoms with Crippen LogP contribution in [0.2, 0.25) is 0 Å². The first-order valence-corrected chi connectivity index (χ1v) is 5.41. The van der Waals surface area contributed by atoms with Crippen molar-refractivity contribution >= 4 is 17.7 Å². The van der Waals surface area contributed by atoms with E-state index in [1.54, 1.807) is 20.2 Å². The fourth-order valence-electron chi connectivity index (χ4n) is 1.27. The van der Waals surface area contributed by atoms with Gasteiger partial charge in [-0.2, -0.15) is 0 Å². The van der Waals surface area contributed by atoms with Crippen LogP contribution in [0.4, 0.5) is 10.5 Å². The largest absolute Gasteiger partial charge is 0.476 e. The summed E-state index contributed by atoms with van der Waals surface area (Å²) < 4.78 is 0. The number of carboxylic acids is 1. The molecular formula is C11H16N4O3. The normalized spacial score (nSPS) is 9.89. The molecule has 0 bridgehead atoms. The minimum atomic E-state index is -1.18. The lowest BCUT2D eigenvalue weighted by molar-refractivity contribution is 0.0691. The van der Waals surface area contributed by atoms with Crippen LogP contribution in [-0.4, -0.2) is 54.2 Å². The number of urea groups is 1. The third-order valence-electron chi connectivity index (χ3n) is 2.30. The molecule has 2 amide bonds. The number of carbonyl (C=O) groups excluding carboxylic acids is 1. The van der Waals surface area contributed by atoms with Gasteiger partial charge >= 0.3 is 12.0 Å². The molecular weight excluding hydrogens is 236 g/mol. The molecule has 0 aromatic carbocycles. The molecule has 0 saturated heterocycles. The van der Waals surface area contributed by atoms with Crippen LogP contribution in [-0.2, 0) is 0 Å². The van der Waals surface area contributed by atoms with Gasteiger partial charge in [-0.15, -0.1) is 0 Å². The Morgan fingerprint density at radius 2 is 2.22 bits per heavy atom. The van der Waals surface area contributed by atoms with Gasteiger partial charge in [-0.3, -0.25) is 0 Å². The van der Waals surface area contributed by atoms with Crippen LogP contribution >= 0.6 is 0 Å². The van der Waals surface area contributed by atoms with Crippen molar-refractivity contribution in [2.45, 2.75) is 0 Å². The summed E-state index contributed by atoms with van der Waals surface area (Å²) in [6.45, 7) is 1.17. The van der Waals surface area contributed by atoms with Gasteiger partial charge in [0.2, 0.25) is 0 Å². The van der Waals surface area contributed by atoms with Crippen LogP contribution in [0.3, 0.4) is 0 Å². The van der Waals surface area contributed by atoms with Crippen molar-refractivity contribution < 1.29 is 14.7 Å². The van der Waals surface area contributed by atoms with E-state index < -0.39 is 5.97 Å². The predicted octanol–water partition coefficient (Wildman–Crippen LogP) is 0.463. The summed E-state index contributed by atoms with van der Waals surface area (Å²) in [5.74, 6) is -1.18.